The number of hydrogen-bond donors (Lipinski definition) is 2. The van der Waals surface area contributed by atoms with Crippen molar-refractivity contribution in [1.29, 1.82) is 0 Å². The molecule has 1 rings (SSSR count). The number of carboxylic acids is 1. The summed E-state index contributed by atoms with van der Waals surface area (Å²) in [5, 5.41) is 11.7. The van der Waals surface area contributed by atoms with Gasteiger partial charge in [0.05, 0.1) is 0 Å². The van der Waals surface area contributed by atoms with E-state index in [0.717, 1.165) is 12.8 Å². The number of carboxylic acid groups (broad SMARTS) is 1. The molecular weight excluding hydrogens is 190 g/mol. The molecule has 1 aliphatic heterocycles. The summed E-state index contributed by atoms with van der Waals surface area (Å²) in [4.78, 5) is 10.7. The van der Waals surface area contributed by atoms with Gasteiger partial charge in [-0.2, -0.15) is 0 Å². The molecule has 2 N–H and O–H groups in total. The Labute approximate surface area is 80.2 Å². The molecule has 3 unspecified atom stereocenters. The fourth-order valence-electron chi connectivity index (χ4n) is 1.52. The minimum absolute atomic E-state index is 0.112. The molecule has 1 heterocycles. The predicted octanol–water partition coefficient (Wildman–Crippen LogP) is -0.0398. The van der Waals surface area contributed by atoms with Crippen LogP contribution in [0.3, 0.4) is 0 Å². The molecule has 0 bridgehead atoms. The van der Waals surface area contributed by atoms with Crippen molar-refractivity contribution in [3.63, 3.8) is 0 Å². The number of rotatable bonds is 3. The predicted molar refractivity (Wildman–Crippen MR) is 51.1 cm³/mol. The van der Waals surface area contributed by atoms with Crippen molar-refractivity contribution >= 4 is 16.8 Å². The van der Waals surface area contributed by atoms with E-state index in [2.05, 4.69) is 5.32 Å². The van der Waals surface area contributed by atoms with Crippen LogP contribution in [0.2, 0.25) is 0 Å². The van der Waals surface area contributed by atoms with E-state index < -0.39 is 22.8 Å². The standard InChI is InChI=1S/C8H15NO3S/c1-2-3-6-4-13(12)5-7(9-6)8(10)11/h6-7,9H,2-5H2,1H3,(H,10,11). The molecule has 0 spiro atoms. The van der Waals surface area contributed by atoms with Gasteiger partial charge in [0.2, 0.25) is 0 Å². The van der Waals surface area contributed by atoms with Crippen LogP contribution in [0.1, 0.15) is 19.8 Å². The molecule has 76 valence electrons. The van der Waals surface area contributed by atoms with Crippen LogP contribution in [0.15, 0.2) is 0 Å². The number of aliphatic carboxylic acids is 1. The van der Waals surface area contributed by atoms with Crippen LogP contribution < -0.4 is 5.32 Å². The summed E-state index contributed by atoms with van der Waals surface area (Å²) in [6.07, 6.45) is 1.89. The molecule has 0 saturated carbocycles. The average Bonchev–Trinajstić information content (AvgIpc) is 2.03. The summed E-state index contributed by atoms with van der Waals surface area (Å²) < 4.78 is 11.3. The van der Waals surface area contributed by atoms with Gasteiger partial charge in [0.25, 0.3) is 0 Å². The smallest absolute Gasteiger partial charge is 0.321 e. The number of hydrogen-bond acceptors (Lipinski definition) is 3. The van der Waals surface area contributed by atoms with E-state index in [1.165, 1.54) is 0 Å². The lowest BCUT2D eigenvalue weighted by Gasteiger charge is -2.27. The van der Waals surface area contributed by atoms with E-state index in [1.54, 1.807) is 0 Å². The first-order chi connectivity index (χ1) is 6.13. The molecule has 5 heteroatoms. The van der Waals surface area contributed by atoms with Gasteiger partial charge < -0.3 is 5.11 Å². The molecule has 1 fully saturated rings. The Morgan fingerprint density at radius 1 is 1.62 bits per heavy atom. The van der Waals surface area contributed by atoms with Crippen LogP contribution in [-0.4, -0.2) is 38.9 Å². The lowest BCUT2D eigenvalue weighted by molar-refractivity contribution is -0.139. The Bertz CT molecular complexity index is 219. The third kappa shape index (κ3) is 3.08. The highest BCUT2D eigenvalue weighted by atomic mass is 32.2. The highest BCUT2D eigenvalue weighted by molar-refractivity contribution is 7.85. The normalized spacial score (nSPS) is 34.4. The monoisotopic (exact) mass is 205 g/mol. The number of carbonyl (C=O) groups is 1. The fraction of sp³-hybridized carbons (Fsp3) is 0.875. The number of nitrogens with one attached hydrogen (secondary N) is 1. The Kier molecular flexibility index (Phi) is 3.87. The van der Waals surface area contributed by atoms with Gasteiger partial charge in [0, 0.05) is 28.3 Å². The SMILES string of the molecule is CCCC1CS(=O)CC(C(=O)O)N1. The molecule has 0 aromatic carbocycles. The zero-order chi connectivity index (χ0) is 9.84. The van der Waals surface area contributed by atoms with Crippen LogP contribution >= 0.6 is 0 Å². The summed E-state index contributed by atoms with van der Waals surface area (Å²) in [6, 6.07) is -0.508. The summed E-state index contributed by atoms with van der Waals surface area (Å²) in [5.41, 5.74) is 0. The molecule has 4 nitrogen and oxygen atoms in total. The summed E-state index contributed by atoms with van der Waals surface area (Å²) in [7, 11) is -0.966. The third-order valence-corrected chi connectivity index (χ3v) is 3.59. The van der Waals surface area contributed by atoms with Crippen LogP contribution in [0.4, 0.5) is 0 Å². The van der Waals surface area contributed by atoms with Crippen LogP contribution in [-0.2, 0) is 15.6 Å². The molecule has 0 aromatic heterocycles. The lowest BCUT2D eigenvalue weighted by atomic mass is 10.1. The van der Waals surface area contributed by atoms with Crippen molar-refractivity contribution in [2.45, 2.75) is 31.8 Å². The Morgan fingerprint density at radius 2 is 2.31 bits per heavy atom. The molecule has 3 atom stereocenters. The van der Waals surface area contributed by atoms with Crippen molar-refractivity contribution < 1.29 is 14.1 Å². The maximum Gasteiger partial charge on any atom is 0.321 e. The topological polar surface area (TPSA) is 66.4 Å². The van der Waals surface area contributed by atoms with E-state index >= 15 is 0 Å². The van der Waals surface area contributed by atoms with Crippen molar-refractivity contribution in [1.82, 2.24) is 5.32 Å². The van der Waals surface area contributed by atoms with Gasteiger partial charge >= 0.3 is 5.97 Å². The van der Waals surface area contributed by atoms with E-state index in [-0.39, 0.29) is 11.8 Å². The molecule has 13 heavy (non-hydrogen) atoms. The molecular formula is C8H15NO3S. The van der Waals surface area contributed by atoms with Crippen LogP contribution in [0.25, 0.3) is 0 Å². The second-order valence-electron chi connectivity index (χ2n) is 3.32. The third-order valence-electron chi connectivity index (χ3n) is 2.11. The van der Waals surface area contributed by atoms with Gasteiger partial charge in [0.1, 0.15) is 6.04 Å². The second-order valence-corrected chi connectivity index (χ2v) is 4.86. The van der Waals surface area contributed by atoms with E-state index in [0.29, 0.717) is 5.75 Å². The maximum atomic E-state index is 11.3. The second kappa shape index (κ2) is 4.72. The quantitative estimate of drug-likeness (QED) is 0.678. The van der Waals surface area contributed by atoms with Crippen molar-refractivity contribution in [2.75, 3.05) is 11.5 Å². The van der Waals surface area contributed by atoms with Gasteiger partial charge in [0.15, 0.2) is 0 Å². The van der Waals surface area contributed by atoms with Crippen molar-refractivity contribution in [2.24, 2.45) is 0 Å². The molecule has 0 radical (unpaired) electrons. The van der Waals surface area contributed by atoms with Crippen molar-refractivity contribution in [3.8, 4) is 0 Å². The average molecular weight is 205 g/mol. The Morgan fingerprint density at radius 3 is 2.85 bits per heavy atom. The van der Waals surface area contributed by atoms with Gasteiger partial charge in [-0.05, 0) is 6.42 Å². The van der Waals surface area contributed by atoms with Gasteiger partial charge in [-0.25, -0.2) is 0 Å². The minimum Gasteiger partial charge on any atom is -0.480 e. The molecule has 0 amide bonds. The Balaban J connectivity index is 2.52. The summed E-state index contributed by atoms with van der Waals surface area (Å²) in [5.74, 6) is -0.0539. The van der Waals surface area contributed by atoms with Crippen LogP contribution in [0, 0.1) is 0 Å². The maximum absolute atomic E-state index is 11.3. The van der Waals surface area contributed by atoms with E-state index in [1.807, 2.05) is 6.92 Å². The van der Waals surface area contributed by atoms with Gasteiger partial charge in [-0.15, -0.1) is 0 Å². The minimum atomic E-state index is -0.966. The highest BCUT2D eigenvalue weighted by Crippen LogP contribution is 2.08. The molecule has 1 aliphatic rings. The largest absolute Gasteiger partial charge is 0.480 e. The van der Waals surface area contributed by atoms with Gasteiger partial charge in [-0.3, -0.25) is 14.3 Å². The first kappa shape index (κ1) is 10.7. The zero-order valence-electron chi connectivity index (χ0n) is 7.66. The highest BCUT2D eigenvalue weighted by Gasteiger charge is 2.29. The van der Waals surface area contributed by atoms with E-state index in [9.17, 15) is 9.00 Å². The van der Waals surface area contributed by atoms with E-state index in [4.69, 9.17) is 5.11 Å². The first-order valence-electron chi connectivity index (χ1n) is 4.47. The lowest BCUT2D eigenvalue weighted by Crippen LogP contribution is -2.53. The summed E-state index contributed by atoms with van der Waals surface area (Å²) >= 11 is 0. The van der Waals surface area contributed by atoms with Gasteiger partial charge in [-0.1, -0.05) is 13.3 Å². The summed E-state index contributed by atoms with van der Waals surface area (Å²) in [6.45, 7) is 2.04. The first-order valence-corrected chi connectivity index (χ1v) is 5.96. The van der Waals surface area contributed by atoms with Crippen molar-refractivity contribution in [3.05, 3.63) is 0 Å². The zero-order valence-corrected chi connectivity index (χ0v) is 8.47. The molecule has 0 aliphatic carbocycles. The van der Waals surface area contributed by atoms with Crippen LogP contribution in [0.5, 0.6) is 0 Å². The fourth-order valence-corrected chi connectivity index (χ4v) is 2.98. The molecule has 1 saturated heterocycles. The Hall–Kier alpha value is -0.420. The molecule has 0 aromatic rings.